The molecule has 4 aliphatic rings. The molecule has 0 amide bonds. The molecule has 4 saturated carbocycles. The number of hydrogen-bond donors (Lipinski definition) is 0. The molecular formula is C22H38. The lowest BCUT2D eigenvalue weighted by molar-refractivity contribution is -0.0697. The van der Waals surface area contributed by atoms with Gasteiger partial charge >= 0.3 is 0 Å². The third kappa shape index (κ3) is 2.22. The van der Waals surface area contributed by atoms with Gasteiger partial charge in [0.15, 0.2) is 0 Å². The number of hydrogen-bond acceptors (Lipinski definition) is 0. The van der Waals surface area contributed by atoms with Crippen molar-refractivity contribution in [1.29, 1.82) is 0 Å². The van der Waals surface area contributed by atoms with Gasteiger partial charge < -0.3 is 0 Å². The molecule has 0 nitrogen and oxygen atoms in total. The summed E-state index contributed by atoms with van der Waals surface area (Å²) in [7, 11) is 0. The number of rotatable bonds is 1. The van der Waals surface area contributed by atoms with Gasteiger partial charge in [0.25, 0.3) is 0 Å². The van der Waals surface area contributed by atoms with Crippen LogP contribution in [0.3, 0.4) is 0 Å². The van der Waals surface area contributed by atoms with Gasteiger partial charge in [0.05, 0.1) is 0 Å². The zero-order chi connectivity index (χ0) is 15.4. The van der Waals surface area contributed by atoms with Crippen molar-refractivity contribution in [3.05, 3.63) is 0 Å². The first-order chi connectivity index (χ1) is 10.6. The quantitative estimate of drug-likeness (QED) is 0.525. The first-order valence-corrected chi connectivity index (χ1v) is 10.6. The summed E-state index contributed by atoms with van der Waals surface area (Å²) in [5.41, 5.74) is 0. The molecule has 0 radical (unpaired) electrons. The van der Waals surface area contributed by atoms with Crippen LogP contribution in [0.15, 0.2) is 0 Å². The van der Waals surface area contributed by atoms with Crippen molar-refractivity contribution in [3.8, 4) is 0 Å². The molecule has 4 fully saturated rings. The van der Waals surface area contributed by atoms with Crippen LogP contribution in [-0.2, 0) is 0 Å². The molecule has 0 saturated heterocycles. The Morgan fingerprint density at radius 1 is 0.682 bits per heavy atom. The van der Waals surface area contributed by atoms with E-state index in [4.69, 9.17) is 0 Å². The highest BCUT2D eigenvalue weighted by molar-refractivity contribution is 5.03. The predicted molar refractivity (Wildman–Crippen MR) is 94.5 cm³/mol. The highest BCUT2D eigenvalue weighted by Gasteiger charge is 2.54. The predicted octanol–water partition coefficient (Wildman–Crippen LogP) is 6.40. The highest BCUT2D eigenvalue weighted by atomic mass is 14.6. The van der Waals surface area contributed by atoms with E-state index in [0.29, 0.717) is 0 Å². The Morgan fingerprint density at radius 3 is 2.09 bits per heavy atom. The largest absolute Gasteiger partial charge is 0.0651 e. The van der Waals surface area contributed by atoms with Crippen molar-refractivity contribution in [3.63, 3.8) is 0 Å². The maximum atomic E-state index is 2.67. The molecule has 0 bridgehead atoms. The Bertz CT molecular complexity index is 399. The molecule has 0 aromatic carbocycles. The van der Waals surface area contributed by atoms with E-state index < -0.39 is 0 Å². The van der Waals surface area contributed by atoms with Crippen LogP contribution in [0.1, 0.15) is 79.1 Å². The maximum Gasteiger partial charge on any atom is -0.0328 e. The molecule has 126 valence electrons. The van der Waals surface area contributed by atoms with Crippen LogP contribution in [0.2, 0.25) is 0 Å². The second-order valence-corrected chi connectivity index (χ2v) is 9.84. The fraction of sp³-hybridized carbons (Fsp3) is 1.00. The molecule has 0 N–H and O–H groups in total. The van der Waals surface area contributed by atoms with Gasteiger partial charge in [-0.05, 0) is 84.9 Å². The van der Waals surface area contributed by atoms with E-state index in [1.54, 1.807) is 32.1 Å². The minimum atomic E-state index is 1.00. The summed E-state index contributed by atoms with van der Waals surface area (Å²) in [6.07, 6.45) is 12.4. The minimum absolute atomic E-state index is 1.00. The molecular weight excluding hydrogens is 264 g/mol. The Balaban J connectivity index is 1.58. The molecule has 8 unspecified atom stereocenters. The zero-order valence-electron chi connectivity index (χ0n) is 15.4. The Kier molecular flexibility index (Phi) is 4.10. The maximum absolute atomic E-state index is 2.67. The second kappa shape index (κ2) is 5.82. The molecule has 0 spiro atoms. The smallest absolute Gasteiger partial charge is 0.0328 e. The molecule has 4 aliphatic carbocycles. The normalized spacial score (nSPS) is 57.8. The topological polar surface area (TPSA) is 0 Å². The second-order valence-electron chi connectivity index (χ2n) is 9.84. The first-order valence-electron chi connectivity index (χ1n) is 10.6. The molecule has 0 heterocycles. The van der Waals surface area contributed by atoms with Gasteiger partial charge in [0.2, 0.25) is 0 Å². The average molecular weight is 303 g/mol. The van der Waals surface area contributed by atoms with Gasteiger partial charge in [-0.2, -0.15) is 0 Å². The summed E-state index contributed by atoms with van der Waals surface area (Å²) in [5, 5.41) is 0. The van der Waals surface area contributed by atoms with E-state index in [9.17, 15) is 0 Å². The zero-order valence-corrected chi connectivity index (χ0v) is 15.4. The van der Waals surface area contributed by atoms with Gasteiger partial charge in [0, 0.05) is 0 Å². The van der Waals surface area contributed by atoms with E-state index in [1.165, 1.54) is 19.3 Å². The fourth-order valence-corrected chi connectivity index (χ4v) is 8.49. The Hall–Kier alpha value is 0. The van der Waals surface area contributed by atoms with Crippen LogP contribution in [0.5, 0.6) is 0 Å². The SMILES string of the molecule is CCC1CC2CC3C[C@H]4CCCC[C@H]4C(C)C3C(C)C2C1C. The van der Waals surface area contributed by atoms with Gasteiger partial charge in [-0.25, -0.2) is 0 Å². The van der Waals surface area contributed by atoms with E-state index >= 15 is 0 Å². The molecule has 10 atom stereocenters. The lowest BCUT2D eigenvalue weighted by atomic mass is 9.49. The van der Waals surface area contributed by atoms with E-state index in [-0.39, 0.29) is 0 Å². The average Bonchev–Trinajstić information content (AvgIpc) is 2.83. The summed E-state index contributed by atoms with van der Waals surface area (Å²) >= 11 is 0. The molecule has 0 heteroatoms. The van der Waals surface area contributed by atoms with Crippen molar-refractivity contribution in [2.24, 2.45) is 59.2 Å². The summed E-state index contributed by atoms with van der Waals surface area (Å²) < 4.78 is 0. The summed E-state index contributed by atoms with van der Waals surface area (Å²) in [6, 6.07) is 0. The third-order valence-electron chi connectivity index (χ3n) is 9.24. The van der Waals surface area contributed by atoms with Gasteiger partial charge in [-0.1, -0.05) is 53.4 Å². The third-order valence-corrected chi connectivity index (χ3v) is 9.24. The van der Waals surface area contributed by atoms with E-state index in [0.717, 1.165) is 59.2 Å². The molecule has 0 aliphatic heterocycles. The Morgan fingerprint density at radius 2 is 1.32 bits per heavy atom. The summed E-state index contributed by atoms with van der Waals surface area (Å²) in [5.74, 6) is 10.6. The molecule has 0 aromatic rings. The molecule has 0 aromatic heterocycles. The summed E-state index contributed by atoms with van der Waals surface area (Å²) in [4.78, 5) is 0. The van der Waals surface area contributed by atoms with Crippen LogP contribution in [0, 0.1) is 59.2 Å². The lowest BCUT2D eigenvalue weighted by Crippen LogP contribution is -2.49. The monoisotopic (exact) mass is 302 g/mol. The van der Waals surface area contributed by atoms with Gasteiger partial charge in [-0.15, -0.1) is 0 Å². The van der Waals surface area contributed by atoms with Crippen LogP contribution in [-0.4, -0.2) is 0 Å². The van der Waals surface area contributed by atoms with Crippen LogP contribution in [0.4, 0.5) is 0 Å². The fourth-order valence-electron chi connectivity index (χ4n) is 8.49. The van der Waals surface area contributed by atoms with Crippen molar-refractivity contribution in [2.75, 3.05) is 0 Å². The molecule has 22 heavy (non-hydrogen) atoms. The summed E-state index contributed by atoms with van der Waals surface area (Å²) in [6.45, 7) is 10.4. The number of fused-ring (bicyclic) bond motifs is 3. The van der Waals surface area contributed by atoms with Crippen molar-refractivity contribution in [2.45, 2.75) is 79.1 Å². The van der Waals surface area contributed by atoms with Gasteiger partial charge in [0.1, 0.15) is 0 Å². The molecule has 4 rings (SSSR count). The minimum Gasteiger partial charge on any atom is -0.0651 e. The van der Waals surface area contributed by atoms with E-state index in [2.05, 4.69) is 27.7 Å². The van der Waals surface area contributed by atoms with Gasteiger partial charge in [-0.3, -0.25) is 0 Å². The lowest BCUT2D eigenvalue weighted by Gasteiger charge is -2.56. The van der Waals surface area contributed by atoms with E-state index in [1.807, 2.05) is 0 Å². The van der Waals surface area contributed by atoms with Crippen LogP contribution >= 0.6 is 0 Å². The van der Waals surface area contributed by atoms with Crippen LogP contribution in [0.25, 0.3) is 0 Å². The van der Waals surface area contributed by atoms with Crippen molar-refractivity contribution < 1.29 is 0 Å². The first kappa shape index (κ1) is 15.5. The van der Waals surface area contributed by atoms with Crippen molar-refractivity contribution in [1.82, 2.24) is 0 Å². The Labute approximate surface area is 138 Å². The highest BCUT2D eigenvalue weighted by Crippen LogP contribution is 2.62. The van der Waals surface area contributed by atoms with Crippen molar-refractivity contribution >= 4 is 0 Å². The van der Waals surface area contributed by atoms with Crippen LogP contribution < -0.4 is 0 Å². The standard InChI is InChI=1S/C22H38/c1-5-16-10-18-12-19-11-17-8-6-7-9-20(17)14(3)22(19)15(4)21(18)13(16)2/h13-22H,5-12H2,1-4H3/t13?,14?,15?,16?,17-,18?,19?,20+,21?,22?/m1/s1.